The fraction of sp³-hybridized carbons (Fsp3) is 0.600. The molecule has 0 spiro atoms. The molecule has 1 aliphatic rings. The SMILES string of the molecule is Cc1cc(B2OC(C)(C)C(C)(C)O2)ccc1CS(C)(=O)=O. The van der Waals surface area contributed by atoms with Crippen molar-refractivity contribution < 1.29 is 17.7 Å². The van der Waals surface area contributed by atoms with Crippen molar-refractivity contribution in [3.8, 4) is 0 Å². The van der Waals surface area contributed by atoms with Gasteiger partial charge in [-0.1, -0.05) is 18.2 Å². The highest BCUT2D eigenvalue weighted by molar-refractivity contribution is 7.89. The van der Waals surface area contributed by atoms with Gasteiger partial charge in [0.2, 0.25) is 0 Å². The highest BCUT2D eigenvalue weighted by atomic mass is 32.2. The Kier molecular flexibility index (Phi) is 4.02. The van der Waals surface area contributed by atoms with Crippen molar-refractivity contribution in [1.29, 1.82) is 0 Å². The van der Waals surface area contributed by atoms with Gasteiger partial charge >= 0.3 is 7.12 Å². The first-order valence-corrected chi connectivity index (χ1v) is 9.10. The lowest BCUT2D eigenvalue weighted by atomic mass is 9.78. The van der Waals surface area contributed by atoms with E-state index in [1.807, 2.05) is 52.8 Å². The molecule has 1 aromatic carbocycles. The molecule has 0 bridgehead atoms. The molecular weight excluding hydrogens is 287 g/mol. The Bertz CT molecular complexity index is 634. The van der Waals surface area contributed by atoms with Crippen molar-refractivity contribution in [2.24, 2.45) is 0 Å². The summed E-state index contributed by atoms with van der Waals surface area (Å²) in [6, 6.07) is 5.68. The number of benzene rings is 1. The number of rotatable bonds is 3. The van der Waals surface area contributed by atoms with E-state index >= 15 is 0 Å². The number of hydrogen-bond acceptors (Lipinski definition) is 4. The highest BCUT2D eigenvalue weighted by Gasteiger charge is 2.51. The van der Waals surface area contributed by atoms with Crippen LogP contribution in [0.25, 0.3) is 0 Å². The Morgan fingerprint density at radius 1 is 1.10 bits per heavy atom. The first kappa shape index (κ1) is 16.5. The molecule has 4 nitrogen and oxygen atoms in total. The molecule has 21 heavy (non-hydrogen) atoms. The van der Waals surface area contributed by atoms with E-state index in [2.05, 4.69) is 0 Å². The second-order valence-corrected chi connectivity index (χ2v) is 8.98. The van der Waals surface area contributed by atoms with Crippen molar-refractivity contribution in [2.45, 2.75) is 51.6 Å². The molecule has 0 saturated carbocycles. The zero-order valence-electron chi connectivity index (χ0n) is 13.6. The van der Waals surface area contributed by atoms with E-state index in [1.54, 1.807) is 0 Å². The summed E-state index contributed by atoms with van der Waals surface area (Å²) in [5, 5.41) is 0. The van der Waals surface area contributed by atoms with Gasteiger partial charge in [-0.05, 0) is 51.2 Å². The zero-order valence-corrected chi connectivity index (χ0v) is 14.4. The maximum absolute atomic E-state index is 11.4. The van der Waals surface area contributed by atoms with Crippen LogP contribution in [-0.4, -0.2) is 33.0 Å². The fourth-order valence-corrected chi connectivity index (χ4v) is 3.18. The van der Waals surface area contributed by atoms with Crippen molar-refractivity contribution in [3.63, 3.8) is 0 Å². The standard InChI is InChI=1S/C15H23BO4S/c1-11-9-13(8-7-12(11)10-21(6,17)18)16-19-14(2,3)15(4,5)20-16/h7-9H,10H2,1-6H3. The van der Waals surface area contributed by atoms with Crippen molar-refractivity contribution in [3.05, 3.63) is 29.3 Å². The molecule has 0 aromatic heterocycles. The van der Waals surface area contributed by atoms with E-state index in [-0.39, 0.29) is 17.0 Å². The van der Waals surface area contributed by atoms with Gasteiger partial charge in [0.25, 0.3) is 0 Å². The predicted molar refractivity (Wildman–Crippen MR) is 85.4 cm³/mol. The Labute approximate surface area is 127 Å². The molecule has 2 rings (SSSR count). The van der Waals surface area contributed by atoms with Crippen LogP contribution in [0.4, 0.5) is 0 Å². The lowest BCUT2D eigenvalue weighted by Gasteiger charge is -2.32. The first-order valence-electron chi connectivity index (χ1n) is 7.04. The minimum Gasteiger partial charge on any atom is -0.399 e. The van der Waals surface area contributed by atoms with Gasteiger partial charge in [-0.15, -0.1) is 0 Å². The van der Waals surface area contributed by atoms with Crippen LogP contribution >= 0.6 is 0 Å². The largest absolute Gasteiger partial charge is 0.494 e. The third-order valence-corrected chi connectivity index (χ3v) is 5.15. The maximum Gasteiger partial charge on any atom is 0.494 e. The second-order valence-electron chi connectivity index (χ2n) is 6.84. The minimum absolute atomic E-state index is 0.0580. The van der Waals surface area contributed by atoms with Crippen LogP contribution in [0.2, 0.25) is 0 Å². The molecule has 0 N–H and O–H groups in total. The molecule has 6 heteroatoms. The molecule has 0 atom stereocenters. The second kappa shape index (κ2) is 5.11. The summed E-state index contributed by atoms with van der Waals surface area (Å²) in [4.78, 5) is 0. The summed E-state index contributed by atoms with van der Waals surface area (Å²) in [5.74, 6) is 0.0580. The molecular formula is C15H23BO4S. The predicted octanol–water partition coefficient (Wildman–Crippen LogP) is 1.84. The number of sulfone groups is 1. The number of hydrogen-bond donors (Lipinski definition) is 0. The number of aryl methyl sites for hydroxylation is 1. The third-order valence-electron chi connectivity index (χ3n) is 4.31. The molecule has 0 unspecified atom stereocenters. The van der Waals surface area contributed by atoms with Gasteiger partial charge in [-0.25, -0.2) is 8.42 Å². The lowest BCUT2D eigenvalue weighted by molar-refractivity contribution is 0.00578. The van der Waals surface area contributed by atoms with Gasteiger partial charge in [0.05, 0.1) is 17.0 Å². The quantitative estimate of drug-likeness (QED) is 0.800. The van der Waals surface area contributed by atoms with E-state index in [1.165, 1.54) is 6.26 Å². The van der Waals surface area contributed by atoms with Gasteiger partial charge in [0.1, 0.15) is 0 Å². The fourth-order valence-electron chi connectivity index (χ4n) is 2.29. The molecule has 1 fully saturated rings. The molecule has 1 saturated heterocycles. The van der Waals surface area contributed by atoms with Crippen LogP contribution < -0.4 is 5.46 Å². The summed E-state index contributed by atoms with van der Waals surface area (Å²) in [7, 11) is -3.45. The normalized spacial score (nSPS) is 20.8. The summed E-state index contributed by atoms with van der Waals surface area (Å²) in [6.45, 7) is 9.96. The zero-order chi connectivity index (χ0) is 16.1. The summed E-state index contributed by atoms with van der Waals surface area (Å²) < 4.78 is 34.8. The summed E-state index contributed by atoms with van der Waals surface area (Å²) >= 11 is 0. The van der Waals surface area contributed by atoms with E-state index in [0.717, 1.165) is 16.6 Å². The molecule has 0 radical (unpaired) electrons. The summed E-state index contributed by atoms with van der Waals surface area (Å²) in [6.07, 6.45) is 1.24. The molecule has 1 aliphatic heterocycles. The van der Waals surface area contributed by atoms with Gasteiger partial charge in [-0.2, -0.15) is 0 Å². The van der Waals surface area contributed by atoms with Crippen molar-refractivity contribution in [2.75, 3.05) is 6.26 Å². The molecule has 0 amide bonds. The van der Waals surface area contributed by atoms with E-state index in [4.69, 9.17) is 9.31 Å². The van der Waals surface area contributed by atoms with Gasteiger partial charge in [-0.3, -0.25) is 0 Å². The van der Waals surface area contributed by atoms with Crippen LogP contribution in [0.3, 0.4) is 0 Å². The van der Waals surface area contributed by atoms with Crippen LogP contribution in [0.15, 0.2) is 18.2 Å². The van der Waals surface area contributed by atoms with E-state index < -0.39 is 17.0 Å². The first-order chi connectivity index (χ1) is 9.41. The average molecular weight is 310 g/mol. The van der Waals surface area contributed by atoms with Gasteiger partial charge in [0.15, 0.2) is 9.84 Å². The van der Waals surface area contributed by atoms with Gasteiger partial charge in [0, 0.05) is 6.26 Å². The smallest absolute Gasteiger partial charge is 0.399 e. The van der Waals surface area contributed by atoms with Crippen molar-refractivity contribution in [1.82, 2.24) is 0 Å². The Balaban J connectivity index is 2.26. The lowest BCUT2D eigenvalue weighted by Crippen LogP contribution is -2.41. The Hall–Kier alpha value is -0.845. The highest BCUT2D eigenvalue weighted by Crippen LogP contribution is 2.36. The molecule has 116 valence electrons. The molecule has 1 heterocycles. The molecule has 0 aliphatic carbocycles. The topological polar surface area (TPSA) is 52.6 Å². The Morgan fingerprint density at radius 2 is 1.62 bits per heavy atom. The van der Waals surface area contributed by atoms with E-state index in [0.29, 0.717) is 0 Å². The Morgan fingerprint density at radius 3 is 2.05 bits per heavy atom. The third kappa shape index (κ3) is 3.50. The van der Waals surface area contributed by atoms with Crippen LogP contribution in [0.5, 0.6) is 0 Å². The van der Waals surface area contributed by atoms with Gasteiger partial charge < -0.3 is 9.31 Å². The van der Waals surface area contributed by atoms with Crippen LogP contribution in [0.1, 0.15) is 38.8 Å². The van der Waals surface area contributed by atoms with Crippen molar-refractivity contribution >= 4 is 22.4 Å². The van der Waals surface area contributed by atoms with Crippen LogP contribution in [-0.2, 0) is 24.9 Å². The van der Waals surface area contributed by atoms with Crippen LogP contribution in [0, 0.1) is 6.92 Å². The van der Waals surface area contributed by atoms with E-state index in [9.17, 15) is 8.42 Å². The monoisotopic (exact) mass is 310 g/mol. The molecule has 1 aromatic rings. The minimum atomic E-state index is -3.03. The maximum atomic E-state index is 11.4. The summed E-state index contributed by atoms with van der Waals surface area (Å²) in [5.41, 5.74) is 1.92. The average Bonchev–Trinajstić information content (AvgIpc) is 2.49.